The van der Waals surface area contributed by atoms with Crippen molar-refractivity contribution in [2.45, 2.75) is 42.8 Å². The molecule has 31 heavy (non-hydrogen) atoms. The lowest BCUT2D eigenvalue weighted by molar-refractivity contribution is -0.0618. The summed E-state index contributed by atoms with van der Waals surface area (Å²) in [6.07, 6.45) is 0.843. The van der Waals surface area contributed by atoms with Gasteiger partial charge in [0.25, 0.3) is 5.56 Å². The molecular weight excluding hydrogens is 440 g/mol. The number of thiazole rings is 1. The Kier molecular flexibility index (Phi) is 5.11. The minimum atomic E-state index is -0.651. The Morgan fingerprint density at radius 3 is 2.77 bits per heavy atom. The van der Waals surface area contributed by atoms with Gasteiger partial charge in [-0.2, -0.15) is 4.98 Å². The van der Waals surface area contributed by atoms with Crippen molar-refractivity contribution in [3.05, 3.63) is 55.9 Å². The van der Waals surface area contributed by atoms with Crippen LogP contribution >= 0.6 is 23.1 Å². The number of esters is 1. The molecule has 2 unspecified atom stereocenters. The maximum absolute atomic E-state index is 12.7. The highest BCUT2D eigenvalue weighted by molar-refractivity contribution is 8.00. The van der Waals surface area contributed by atoms with Crippen LogP contribution in [0.15, 0.2) is 39.9 Å². The van der Waals surface area contributed by atoms with E-state index in [4.69, 9.17) is 15.2 Å². The number of anilines is 1. The van der Waals surface area contributed by atoms with E-state index in [9.17, 15) is 14.4 Å². The number of carbonyl (C=O) groups excluding carboxylic acids is 1. The number of hydrogen-bond donors (Lipinski definition) is 2. The number of rotatable bonds is 5. The third-order valence-corrected chi connectivity index (χ3v) is 7.63. The van der Waals surface area contributed by atoms with Gasteiger partial charge in [0.15, 0.2) is 11.9 Å². The predicted octanol–water partition coefficient (Wildman–Crippen LogP) is 2.34. The molecule has 3 aromatic rings. The Balaban J connectivity index is 1.43. The van der Waals surface area contributed by atoms with Gasteiger partial charge in [0, 0.05) is 0 Å². The summed E-state index contributed by atoms with van der Waals surface area (Å²) in [7, 11) is 0. The number of carbonyl (C=O) groups is 1. The van der Waals surface area contributed by atoms with E-state index in [0.717, 1.165) is 24.2 Å². The van der Waals surface area contributed by atoms with Gasteiger partial charge in [0.05, 0.1) is 10.8 Å². The fourth-order valence-corrected chi connectivity index (χ4v) is 5.92. The molecule has 3 heterocycles. The highest BCUT2D eigenvalue weighted by Crippen LogP contribution is 2.47. The lowest BCUT2D eigenvalue weighted by Gasteiger charge is -2.23. The van der Waals surface area contributed by atoms with Crippen LogP contribution in [0.5, 0.6) is 0 Å². The molecule has 3 N–H and O–H groups in total. The molecule has 0 bridgehead atoms. The summed E-state index contributed by atoms with van der Waals surface area (Å²) >= 11 is 2.32. The average Bonchev–Trinajstić information content (AvgIpc) is 3.44. The second-order valence-corrected chi connectivity index (χ2v) is 10.1. The van der Waals surface area contributed by atoms with Gasteiger partial charge in [-0.15, -0.1) is 11.8 Å². The van der Waals surface area contributed by atoms with E-state index in [2.05, 4.69) is 9.97 Å². The number of H-pyrrole nitrogens is 1. The number of benzene rings is 1. The number of nitrogen functional groups attached to an aromatic ring is 1. The Bertz CT molecular complexity index is 1250. The van der Waals surface area contributed by atoms with Crippen molar-refractivity contribution in [3.63, 3.8) is 0 Å². The van der Waals surface area contributed by atoms with Gasteiger partial charge >= 0.3 is 10.8 Å². The van der Waals surface area contributed by atoms with Crippen molar-refractivity contribution in [2.75, 3.05) is 5.73 Å². The van der Waals surface area contributed by atoms with Crippen LogP contribution in [0.25, 0.3) is 10.3 Å². The van der Waals surface area contributed by atoms with Crippen LogP contribution in [0.1, 0.15) is 36.4 Å². The highest BCUT2D eigenvalue weighted by Gasteiger charge is 2.47. The number of nitrogens with one attached hydrogen (secondary N) is 1. The minimum absolute atomic E-state index is 0.0634. The molecule has 2 fully saturated rings. The number of hydrogen-bond acceptors (Lipinski definition) is 9. The summed E-state index contributed by atoms with van der Waals surface area (Å²) in [5, 5.41) is -0.125. The summed E-state index contributed by atoms with van der Waals surface area (Å²) in [6.45, 7) is 1.94. The van der Waals surface area contributed by atoms with Gasteiger partial charge in [-0.05, 0) is 37.8 Å². The van der Waals surface area contributed by atoms with E-state index < -0.39 is 29.3 Å². The third-order valence-electron chi connectivity index (χ3n) is 5.38. The van der Waals surface area contributed by atoms with Crippen molar-refractivity contribution in [3.8, 4) is 0 Å². The van der Waals surface area contributed by atoms with Crippen LogP contribution in [0, 0.1) is 5.92 Å². The first-order valence-electron chi connectivity index (χ1n) is 9.90. The molecule has 0 amide bonds. The maximum atomic E-state index is 12.7. The monoisotopic (exact) mass is 460 g/mol. The zero-order valence-electron chi connectivity index (χ0n) is 16.5. The molecule has 1 aliphatic heterocycles. The molecule has 4 atom stereocenters. The summed E-state index contributed by atoms with van der Waals surface area (Å²) in [5.74, 6) is -0.229. The molecule has 1 saturated carbocycles. The quantitative estimate of drug-likeness (QED) is 0.555. The zero-order chi connectivity index (χ0) is 21.7. The first-order chi connectivity index (χ1) is 14.9. The Morgan fingerprint density at radius 1 is 1.32 bits per heavy atom. The van der Waals surface area contributed by atoms with Gasteiger partial charge in [0.2, 0.25) is 5.95 Å². The zero-order valence-corrected chi connectivity index (χ0v) is 18.2. The normalized spacial score (nSPS) is 24.4. The number of aromatic nitrogens is 3. The molecule has 162 valence electrons. The molecule has 1 aromatic carbocycles. The SMILES string of the molecule is C[C@@H]1S[C@@H](C(OC(=O)c2ccccc2)C2CC2)OC1n1c(=O)sc2c(=O)[nH]c(N)nc21. The predicted molar refractivity (Wildman–Crippen MR) is 118 cm³/mol. The maximum Gasteiger partial charge on any atom is 0.338 e. The number of nitrogens with zero attached hydrogens (tertiary/aromatic N) is 2. The molecule has 11 heteroatoms. The van der Waals surface area contributed by atoms with Gasteiger partial charge < -0.3 is 15.2 Å². The molecule has 0 radical (unpaired) electrons. The van der Waals surface area contributed by atoms with Crippen LogP contribution in [0.4, 0.5) is 5.95 Å². The molecule has 5 rings (SSSR count). The van der Waals surface area contributed by atoms with Crippen molar-refractivity contribution < 1.29 is 14.3 Å². The Morgan fingerprint density at radius 2 is 2.06 bits per heavy atom. The van der Waals surface area contributed by atoms with Gasteiger partial charge in [-0.3, -0.25) is 19.1 Å². The Hall–Kier alpha value is -2.63. The van der Waals surface area contributed by atoms with E-state index in [1.165, 1.54) is 16.3 Å². The number of aromatic amines is 1. The lowest BCUT2D eigenvalue weighted by atomic mass is 10.2. The van der Waals surface area contributed by atoms with Crippen molar-refractivity contribution in [1.82, 2.24) is 14.5 Å². The van der Waals surface area contributed by atoms with Crippen molar-refractivity contribution in [1.29, 1.82) is 0 Å². The fraction of sp³-hybridized carbons (Fsp3) is 0.400. The number of fused-ring (bicyclic) bond motifs is 1. The molecule has 0 spiro atoms. The van der Waals surface area contributed by atoms with E-state index in [1.54, 1.807) is 24.3 Å². The standard InChI is InChI=1S/C20H20N4O5S2/c1-9-16(24-14-13(31-20(24)27)15(25)23-19(21)22-14)29-18(30-9)12(10-7-8-10)28-17(26)11-5-3-2-4-6-11/h2-6,9-10,12,16,18H,7-8H2,1H3,(H3,21,22,23,25)/t9-,12?,16?,18-/m0/s1. The van der Waals surface area contributed by atoms with Crippen LogP contribution in [0.2, 0.25) is 0 Å². The second-order valence-electron chi connectivity index (χ2n) is 7.65. The van der Waals surface area contributed by atoms with Crippen LogP contribution in [-0.2, 0) is 9.47 Å². The summed E-state index contributed by atoms with van der Waals surface area (Å²) in [5.41, 5.74) is 5.50. The Labute approximate surface area is 184 Å². The van der Waals surface area contributed by atoms with Gasteiger partial charge in [-0.1, -0.05) is 29.5 Å². The fourth-order valence-electron chi connectivity index (χ4n) is 3.72. The van der Waals surface area contributed by atoms with Crippen molar-refractivity contribution >= 4 is 45.4 Å². The first kappa shape index (κ1) is 20.3. The smallest absolute Gasteiger partial charge is 0.338 e. The van der Waals surface area contributed by atoms with Gasteiger partial charge in [0.1, 0.15) is 16.2 Å². The van der Waals surface area contributed by atoms with E-state index in [0.29, 0.717) is 5.56 Å². The van der Waals surface area contributed by atoms with Gasteiger partial charge in [-0.25, -0.2) is 4.79 Å². The summed E-state index contributed by atoms with van der Waals surface area (Å²) in [4.78, 5) is 43.7. The first-order valence-corrected chi connectivity index (χ1v) is 11.7. The van der Waals surface area contributed by atoms with E-state index in [1.807, 2.05) is 13.0 Å². The molecular formula is C20H20N4O5S2. The van der Waals surface area contributed by atoms with Crippen LogP contribution in [0.3, 0.4) is 0 Å². The number of thioether (sulfide) groups is 1. The number of nitrogens with two attached hydrogens (primary N) is 1. The third kappa shape index (κ3) is 3.77. The summed E-state index contributed by atoms with van der Waals surface area (Å²) in [6, 6.07) is 8.84. The topological polar surface area (TPSA) is 129 Å². The summed E-state index contributed by atoms with van der Waals surface area (Å²) < 4.78 is 13.7. The second kappa shape index (κ2) is 7.81. The van der Waals surface area contributed by atoms with Crippen LogP contribution < -0.4 is 16.2 Å². The average molecular weight is 461 g/mol. The highest BCUT2D eigenvalue weighted by atomic mass is 32.2. The van der Waals surface area contributed by atoms with Crippen LogP contribution in [-0.4, -0.2) is 37.3 Å². The largest absolute Gasteiger partial charge is 0.455 e. The lowest BCUT2D eigenvalue weighted by Crippen LogP contribution is -2.32. The van der Waals surface area contributed by atoms with E-state index >= 15 is 0 Å². The molecule has 2 aliphatic rings. The molecule has 1 saturated heterocycles. The van der Waals surface area contributed by atoms with Crippen molar-refractivity contribution in [2.24, 2.45) is 5.92 Å². The van der Waals surface area contributed by atoms with E-state index in [-0.39, 0.29) is 32.3 Å². The molecule has 1 aliphatic carbocycles. The molecule has 2 aromatic heterocycles. The minimum Gasteiger partial charge on any atom is -0.455 e. The molecule has 9 nitrogen and oxygen atoms in total. The number of ether oxygens (including phenoxy) is 2.